The van der Waals surface area contributed by atoms with E-state index in [1.165, 1.54) is 36.0 Å². The summed E-state index contributed by atoms with van der Waals surface area (Å²) in [6, 6.07) is 0. The maximum Gasteiger partial charge on any atom is 0.146 e. The van der Waals surface area contributed by atoms with Gasteiger partial charge in [-0.05, 0) is 51.0 Å². The van der Waals surface area contributed by atoms with Crippen molar-refractivity contribution in [3.05, 3.63) is 58.7 Å². The quantitative estimate of drug-likeness (QED) is 0.504. The van der Waals surface area contributed by atoms with E-state index in [4.69, 9.17) is 4.43 Å². The van der Waals surface area contributed by atoms with Gasteiger partial charge in [-0.25, -0.2) is 0 Å². The lowest BCUT2D eigenvalue weighted by molar-refractivity contribution is 0.377. The van der Waals surface area contributed by atoms with Crippen molar-refractivity contribution in [2.24, 2.45) is 5.41 Å². The van der Waals surface area contributed by atoms with Crippen LogP contribution >= 0.6 is 0 Å². The third kappa shape index (κ3) is 6.33. The molecular weight excluding hydrogens is 284 g/mol. The summed E-state index contributed by atoms with van der Waals surface area (Å²) in [7, 11) is 0.800. The molecule has 0 heterocycles. The Bertz CT molecular complexity index is 516. The minimum absolute atomic E-state index is 0.317. The number of hydrogen-bond acceptors (Lipinski definition) is 1. The Morgan fingerprint density at radius 3 is 2.59 bits per heavy atom. The van der Waals surface area contributed by atoms with Crippen molar-refractivity contribution in [1.29, 1.82) is 0 Å². The van der Waals surface area contributed by atoms with Gasteiger partial charge in [0.25, 0.3) is 0 Å². The second-order valence-electron chi connectivity index (χ2n) is 6.94. The van der Waals surface area contributed by atoms with Crippen molar-refractivity contribution in [2.45, 2.75) is 53.9 Å². The first-order valence-corrected chi connectivity index (χ1v) is 9.07. The lowest BCUT2D eigenvalue weighted by Crippen LogP contribution is -2.19. The van der Waals surface area contributed by atoms with Crippen LogP contribution < -0.4 is 0 Å². The minimum Gasteiger partial charge on any atom is -0.424 e. The summed E-state index contributed by atoms with van der Waals surface area (Å²) in [4.78, 5) is 0. The second kappa shape index (κ2) is 9.11. The molecule has 122 valence electrons. The van der Waals surface area contributed by atoms with E-state index in [9.17, 15) is 0 Å². The van der Waals surface area contributed by atoms with Crippen LogP contribution in [-0.4, -0.2) is 17.1 Å². The normalized spacial score (nSPS) is 20.6. The van der Waals surface area contributed by atoms with Gasteiger partial charge in [-0.1, -0.05) is 67.0 Å². The Morgan fingerprint density at radius 2 is 1.95 bits per heavy atom. The first-order valence-electron chi connectivity index (χ1n) is 8.26. The first-order chi connectivity index (χ1) is 10.4. The van der Waals surface area contributed by atoms with E-state index >= 15 is 0 Å². The van der Waals surface area contributed by atoms with Crippen LogP contribution in [0.15, 0.2) is 58.7 Å². The maximum absolute atomic E-state index is 5.17. The van der Waals surface area contributed by atoms with Gasteiger partial charge in [0.1, 0.15) is 10.5 Å². The molecule has 1 aliphatic carbocycles. The van der Waals surface area contributed by atoms with E-state index in [0.29, 0.717) is 5.41 Å². The largest absolute Gasteiger partial charge is 0.424 e. The second-order valence-corrected chi connectivity index (χ2v) is 7.52. The average molecular weight is 317 g/mol. The van der Waals surface area contributed by atoms with Gasteiger partial charge in [0.2, 0.25) is 0 Å². The van der Waals surface area contributed by atoms with E-state index in [0.717, 1.165) is 17.1 Å². The van der Waals surface area contributed by atoms with Crippen molar-refractivity contribution < 1.29 is 4.43 Å². The van der Waals surface area contributed by atoms with Crippen molar-refractivity contribution in [3.63, 3.8) is 0 Å². The Morgan fingerprint density at radius 1 is 1.23 bits per heavy atom. The zero-order valence-corrected chi connectivity index (χ0v) is 17.2. The van der Waals surface area contributed by atoms with E-state index in [1.807, 2.05) is 0 Å². The van der Waals surface area contributed by atoms with Gasteiger partial charge in [-0.15, -0.1) is 0 Å². The Kier molecular flexibility index (Phi) is 7.84. The number of hydrogen-bond donors (Lipinski definition) is 0. The van der Waals surface area contributed by atoms with E-state index in [1.54, 1.807) is 5.57 Å². The van der Waals surface area contributed by atoms with Crippen molar-refractivity contribution in [2.75, 3.05) is 6.61 Å². The monoisotopic (exact) mass is 316 g/mol. The Labute approximate surface area is 140 Å². The molecule has 0 spiro atoms. The summed E-state index contributed by atoms with van der Waals surface area (Å²) in [5.74, 6) is 0. The van der Waals surface area contributed by atoms with Gasteiger partial charge < -0.3 is 4.43 Å². The molecule has 0 bridgehead atoms. The van der Waals surface area contributed by atoms with Crippen LogP contribution in [0, 0.1) is 5.41 Å². The van der Waals surface area contributed by atoms with Crippen molar-refractivity contribution in [3.8, 4) is 0 Å². The van der Waals surface area contributed by atoms with E-state index < -0.39 is 0 Å². The molecule has 0 unspecified atom stereocenters. The zero-order valence-electron chi connectivity index (χ0n) is 15.2. The molecule has 0 N–H and O–H groups in total. The first kappa shape index (κ1) is 18.9. The topological polar surface area (TPSA) is 9.23 Å². The third-order valence-electron chi connectivity index (χ3n) is 4.35. The molecule has 0 fully saturated rings. The highest BCUT2D eigenvalue weighted by Crippen LogP contribution is 2.40. The summed E-state index contributed by atoms with van der Waals surface area (Å²) in [6.45, 7) is 12.0. The molecule has 0 aromatic heterocycles. The fraction of sp³-hybridized carbons (Fsp3) is 0.500. The molecule has 1 rings (SSSR count). The predicted molar refractivity (Wildman–Crippen MR) is 102 cm³/mol. The molecule has 1 aliphatic rings. The van der Waals surface area contributed by atoms with Gasteiger partial charge in [0.05, 0.1) is 6.61 Å². The lowest BCUT2D eigenvalue weighted by atomic mass is 9.72. The Balaban J connectivity index is 2.73. The van der Waals surface area contributed by atoms with Crippen molar-refractivity contribution in [1.82, 2.24) is 0 Å². The van der Waals surface area contributed by atoms with Crippen LogP contribution in [0.5, 0.6) is 0 Å². The summed E-state index contributed by atoms with van der Waals surface area (Å²) in [6.07, 6.45) is 17.0. The highest BCUT2D eigenvalue weighted by molar-refractivity contribution is 5.98. The molecule has 0 atom stereocenters. The van der Waals surface area contributed by atoms with E-state index in [-0.39, 0.29) is 0 Å². The predicted octanol–water partition coefficient (Wildman–Crippen LogP) is 4.82. The number of rotatable bonds is 6. The SMILES string of the molecule is CC(C=CC1=C(C)CCCC1(C)C)=CC=CC(C)=CCO[SiH3]. The van der Waals surface area contributed by atoms with E-state index in [2.05, 4.69) is 71.1 Å². The fourth-order valence-corrected chi connectivity index (χ4v) is 3.08. The average Bonchev–Trinajstić information content (AvgIpc) is 2.43. The highest BCUT2D eigenvalue weighted by atomic mass is 28.2. The standard InChI is InChI=1S/C20H32OSi/c1-16(8-6-9-17(2)13-15-21-22)11-12-19-18(3)10-7-14-20(19,4)5/h6,8-9,11-13H,7,10,14-15H2,1-5,22H3. The molecule has 0 saturated carbocycles. The molecular formula is C20H32OSi. The van der Waals surface area contributed by atoms with Gasteiger partial charge in [0.15, 0.2) is 0 Å². The van der Waals surface area contributed by atoms with Crippen LogP contribution in [0.2, 0.25) is 0 Å². The molecule has 1 nitrogen and oxygen atoms in total. The van der Waals surface area contributed by atoms with Crippen LogP contribution in [-0.2, 0) is 4.43 Å². The number of allylic oxidation sites excluding steroid dienone is 9. The molecule has 0 aliphatic heterocycles. The van der Waals surface area contributed by atoms with Crippen LogP contribution in [0.4, 0.5) is 0 Å². The molecule has 2 heteroatoms. The van der Waals surface area contributed by atoms with Gasteiger partial charge in [-0.2, -0.15) is 0 Å². The minimum atomic E-state index is 0.317. The van der Waals surface area contributed by atoms with Crippen molar-refractivity contribution >= 4 is 10.5 Å². The summed E-state index contributed by atoms with van der Waals surface area (Å²) in [5.41, 5.74) is 5.92. The Hall–Kier alpha value is -1.12. The zero-order chi connectivity index (χ0) is 16.6. The van der Waals surface area contributed by atoms with Gasteiger partial charge in [-0.3, -0.25) is 0 Å². The summed E-state index contributed by atoms with van der Waals surface area (Å²) >= 11 is 0. The molecule has 0 aromatic carbocycles. The van der Waals surface area contributed by atoms with Gasteiger partial charge >= 0.3 is 0 Å². The molecule has 0 aromatic rings. The highest BCUT2D eigenvalue weighted by Gasteiger charge is 2.26. The third-order valence-corrected chi connectivity index (χ3v) is 4.68. The summed E-state index contributed by atoms with van der Waals surface area (Å²) < 4.78 is 5.17. The maximum atomic E-state index is 5.17. The molecule has 0 saturated heterocycles. The van der Waals surface area contributed by atoms with Crippen LogP contribution in [0.3, 0.4) is 0 Å². The van der Waals surface area contributed by atoms with Crippen LogP contribution in [0.25, 0.3) is 0 Å². The summed E-state index contributed by atoms with van der Waals surface area (Å²) in [5, 5.41) is 0. The van der Waals surface area contributed by atoms with Crippen LogP contribution in [0.1, 0.15) is 53.9 Å². The van der Waals surface area contributed by atoms with Gasteiger partial charge in [0, 0.05) is 0 Å². The molecule has 22 heavy (non-hydrogen) atoms. The molecule has 0 radical (unpaired) electrons. The smallest absolute Gasteiger partial charge is 0.146 e. The fourth-order valence-electron chi connectivity index (χ4n) is 2.92. The lowest BCUT2D eigenvalue weighted by Gasteiger charge is -2.32. The molecule has 0 amide bonds.